The van der Waals surface area contributed by atoms with Gasteiger partial charge in [-0.05, 0) is 0 Å². The molecule has 0 aromatic heterocycles. The number of benzene rings is 2. The topological polar surface area (TPSA) is 114 Å². The van der Waals surface area contributed by atoms with Crippen molar-refractivity contribution in [2.24, 2.45) is 0 Å². The standard InChI is InChI=1S/C19H25Si2.2CH4O3S.Zr/c1-20(2,3)16-7-9-18-14(12-16)11-15-13-17(21(4,5)6)8-10-19(15)18;2*1-5(2,3)4;/h7-13H,1-6H3;2*1H3,(H,2,3,4);/q-1;;;+3/p-2. The van der Waals surface area contributed by atoms with E-state index in [9.17, 15) is 0 Å². The van der Waals surface area contributed by atoms with Crippen molar-refractivity contribution in [2.45, 2.75) is 39.3 Å². The van der Waals surface area contributed by atoms with Gasteiger partial charge in [0.15, 0.2) is 0 Å². The molecule has 11 heteroatoms. The van der Waals surface area contributed by atoms with Crippen LogP contribution < -0.4 is 10.4 Å². The van der Waals surface area contributed by atoms with Crippen molar-refractivity contribution in [3.8, 4) is 0 Å². The van der Waals surface area contributed by atoms with Crippen LogP contribution >= 0.6 is 0 Å². The Bertz CT molecular complexity index is 1160. The third-order valence-electron chi connectivity index (χ3n) is 4.44. The van der Waals surface area contributed by atoms with Crippen molar-refractivity contribution in [1.82, 2.24) is 0 Å². The van der Waals surface area contributed by atoms with Crippen LogP contribution in [0.4, 0.5) is 0 Å². The molecule has 0 saturated carbocycles. The Morgan fingerprint density at radius 2 is 0.906 bits per heavy atom. The monoisotopic (exact) mass is 589 g/mol. The van der Waals surface area contributed by atoms with E-state index >= 15 is 0 Å². The Balaban J connectivity index is 0.000000740. The van der Waals surface area contributed by atoms with Gasteiger partial charge in [-0.3, -0.25) is 0 Å². The summed E-state index contributed by atoms with van der Waals surface area (Å²) in [6.45, 7) is 14.5. The van der Waals surface area contributed by atoms with Crippen LogP contribution in [-0.4, -0.2) is 54.6 Å². The van der Waals surface area contributed by atoms with Crippen LogP contribution in [0.15, 0.2) is 42.5 Å². The van der Waals surface area contributed by atoms with Crippen LogP contribution in [0.25, 0.3) is 21.5 Å². The van der Waals surface area contributed by atoms with Gasteiger partial charge in [-0.25, -0.2) is 16.8 Å². The van der Waals surface area contributed by atoms with E-state index in [4.69, 9.17) is 25.9 Å². The van der Waals surface area contributed by atoms with Gasteiger partial charge in [0.1, 0.15) is 0 Å². The molecule has 6 nitrogen and oxygen atoms in total. The first-order valence-corrected chi connectivity index (χ1v) is 20.3. The smallest absolute Gasteiger partial charge is 0.748 e. The maximum Gasteiger partial charge on any atom is 3.00 e. The molecule has 3 rings (SSSR count). The molecule has 0 unspecified atom stereocenters. The van der Waals surface area contributed by atoms with Crippen molar-refractivity contribution >= 4 is 68.3 Å². The zero-order valence-corrected chi connectivity index (χ0v) is 25.9. The van der Waals surface area contributed by atoms with Gasteiger partial charge in [-0.15, -0.1) is 39.7 Å². The second-order valence-corrected chi connectivity index (χ2v) is 22.6. The average molecular weight is 591 g/mol. The minimum atomic E-state index is -3.92. The molecule has 0 aliphatic carbocycles. The molecule has 175 valence electrons. The summed E-state index contributed by atoms with van der Waals surface area (Å²) in [4.78, 5) is 0. The summed E-state index contributed by atoms with van der Waals surface area (Å²) in [6.07, 6.45) is 1.21. The van der Waals surface area contributed by atoms with Crippen LogP contribution in [0.2, 0.25) is 39.3 Å². The Morgan fingerprint density at radius 3 is 1.12 bits per heavy atom. The van der Waals surface area contributed by atoms with Gasteiger partial charge in [-0.2, -0.15) is 0 Å². The first-order chi connectivity index (χ1) is 13.7. The minimum Gasteiger partial charge on any atom is -0.748 e. The van der Waals surface area contributed by atoms with Crippen molar-refractivity contribution in [2.75, 3.05) is 12.5 Å². The third-order valence-corrected chi connectivity index (χ3v) is 8.52. The van der Waals surface area contributed by atoms with E-state index in [1.807, 2.05) is 0 Å². The molecular weight excluding hydrogens is 560 g/mol. The third kappa shape index (κ3) is 11.5. The molecule has 0 aliphatic rings. The molecule has 0 N–H and O–H groups in total. The fourth-order valence-electron chi connectivity index (χ4n) is 2.96. The molecule has 0 spiro atoms. The summed E-state index contributed by atoms with van der Waals surface area (Å²) in [6, 6.07) is 16.6. The van der Waals surface area contributed by atoms with Gasteiger partial charge >= 0.3 is 26.2 Å². The van der Waals surface area contributed by atoms with E-state index in [0.717, 1.165) is 0 Å². The van der Waals surface area contributed by atoms with Crippen LogP contribution in [0.5, 0.6) is 0 Å². The van der Waals surface area contributed by atoms with Gasteiger partial charge in [0, 0.05) is 12.5 Å². The summed E-state index contributed by atoms with van der Waals surface area (Å²) in [5.74, 6) is 0. The fourth-order valence-corrected chi connectivity index (χ4v) is 5.30. The number of fused-ring (bicyclic) bond motifs is 3. The Kier molecular flexibility index (Phi) is 11.1. The first kappa shape index (κ1) is 31.4. The molecule has 0 heterocycles. The van der Waals surface area contributed by atoms with Crippen molar-refractivity contribution < 1.29 is 52.1 Å². The average Bonchev–Trinajstić information content (AvgIpc) is 2.86. The van der Waals surface area contributed by atoms with Crippen molar-refractivity contribution in [3.05, 3.63) is 42.5 Å². The van der Waals surface area contributed by atoms with Crippen molar-refractivity contribution in [1.29, 1.82) is 0 Å². The normalized spacial score (nSPS) is 12.3. The molecule has 0 aliphatic heterocycles. The molecule has 32 heavy (non-hydrogen) atoms. The largest absolute Gasteiger partial charge is 3.00 e. The molecule has 0 amide bonds. The number of rotatable bonds is 2. The SMILES string of the molecule is CS(=O)(=O)[O-].CS(=O)(=O)[O-].C[Si](C)(C)c1ccc2c(c1)[cH-]c1cc([Si](C)(C)C)ccc12.[Zr+3]. The second kappa shape index (κ2) is 11.2. The zero-order valence-electron chi connectivity index (χ0n) is 19.8. The zero-order chi connectivity index (χ0) is 24.4. The van der Waals surface area contributed by atoms with Gasteiger partial charge in [-0.1, -0.05) is 73.9 Å². The van der Waals surface area contributed by atoms with Gasteiger partial charge in [0.05, 0.1) is 36.4 Å². The van der Waals surface area contributed by atoms with E-state index in [1.165, 1.54) is 21.5 Å². The molecule has 0 bridgehead atoms. The molecule has 3 aromatic carbocycles. The van der Waals surface area contributed by atoms with Crippen LogP contribution in [0.1, 0.15) is 0 Å². The second-order valence-electron chi connectivity index (χ2n) is 9.66. The molecule has 1 radical (unpaired) electrons. The maximum absolute atomic E-state index is 9.08. The Morgan fingerprint density at radius 1 is 0.656 bits per heavy atom. The van der Waals surface area contributed by atoms with E-state index in [-0.39, 0.29) is 26.2 Å². The molecule has 0 saturated heterocycles. The van der Waals surface area contributed by atoms with E-state index in [2.05, 4.69) is 81.7 Å². The minimum absolute atomic E-state index is 0. The van der Waals surface area contributed by atoms with Crippen LogP contribution in [0, 0.1) is 0 Å². The Hall–Kier alpha value is -0.553. The first-order valence-electron chi connectivity index (χ1n) is 9.62. The van der Waals surface area contributed by atoms with E-state index in [0.29, 0.717) is 12.5 Å². The molecule has 0 atom stereocenters. The predicted octanol–water partition coefficient (Wildman–Crippen LogP) is 3.12. The van der Waals surface area contributed by atoms with E-state index < -0.39 is 36.4 Å². The van der Waals surface area contributed by atoms with Crippen LogP contribution in [0.3, 0.4) is 0 Å². The van der Waals surface area contributed by atoms with Crippen molar-refractivity contribution in [3.63, 3.8) is 0 Å². The summed E-state index contributed by atoms with van der Waals surface area (Å²) < 4.78 is 54.5. The molecule has 3 aromatic rings. The molecular formula is C21H31O6S2Si2Zr. The summed E-state index contributed by atoms with van der Waals surface area (Å²) >= 11 is 0. The Labute approximate surface area is 213 Å². The maximum atomic E-state index is 9.08. The molecule has 0 fully saturated rings. The van der Waals surface area contributed by atoms with Crippen LogP contribution in [-0.2, 0) is 46.4 Å². The number of hydrogen-bond acceptors (Lipinski definition) is 6. The van der Waals surface area contributed by atoms with Gasteiger partial charge < -0.3 is 9.11 Å². The summed E-state index contributed by atoms with van der Waals surface area (Å²) in [5, 5.41) is 8.75. The van der Waals surface area contributed by atoms with Gasteiger partial charge in [0.25, 0.3) is 0 Å². The van der Waals surface area contributed by atoms with Gasteiger partial charge in [0.2, 0.25) is 0 Å². The van der Waals surface area contributed by atoms with E-state index in [1.54, 1.807) is 10.4 Å². The predicted molar refractivity (Wildman–Crippen MR) is 134 cm³/mol. The fraction of sp³-hybridized carbons (Fsp3) is 0.381. The quantitative estimate of drug-likeness (QED) is 0.257. The summed E-state index contributed by atoms with van der Waals surface area (Å²) in [5.41, 5.74) is 0. The summed E-state index contributed by atoms with van der Waals surface area (Å²) in [7, 11) is -10.3. The number of hydrogen-bond donors (Lipinski definition) is 0.